The van der Waals surface area contributed by atoms with Gasteiger partial charge >= 0.3 is 0 Å². The first-order chi connectivity index (χ1) is 5.08. The maximum Gasteiger partial charge on any atom is 0.236 e. The number of allylic oxidation sites excluding steroid dienone is 2. The highest BCUT2D eigenvalue weighted by Gasteiger charge is 2.12. The van der Waals surface area contributed by atoms with E-state index in [4.69, 9.17) is 0 Å². The molecule has 0 radical (unpaired) electrons. The third-order valence-electron chi connectivity index (χ3n) is 1.35. The first-order valence-electron chi connectivity index (χ1n) is 3.73. The molecule has 0 rings (SSSR count). The van der Waals surface area contributed by atoms with Crippen LogP contribution in [0.15, 0.2) is 11.0 Å². The summed E-state index contributed by atoms with van der Waals surface area (Å²) in [5.41, 5.74) is 0. The lowest BCUT2D eigenvalue weighted by Gasteiger charge is -2.05. The van der Waals surface area contributed by atoms with Crippen molar-refractivity contribution in [2.75, 3.05) is 6.54 Å². The van der Waals surface area contributed by atoms with Crippen molar-refractivity contribution in [3.63, 3.8) is 0 Å². The smallest absolute Gasteiger partial charge is 0.212 e. The molecule has 0 amide bonds. The molecule has 0 saturated heterocycles. The van der Waals surface area contributed by atoms with E-state index in [0.717, 1.165) is 0 Å². The molecule has 66 valence electrons. The quantitative estimate of drug-likeness (QED) is 0.702. The fraction of sp³-hybridized carbons (Fsp3) is 0.714. The van der Waals surface area contributed by atoms with Crippen LogP contribution in [-0.4, -0.2) is 15.0 Å². The molecule has 0 spiro atoms. The lowest BCUT2D eigenvalue weighted by molar-refractivity contribution is 0.589. The Bertz CT molecular complexity index is 229. The number of nitrogens with one attached hydrogen (secondary N) is 1. The van der Waals surface area contributed by atoms with E-state index in [9.17, 15) is 8.42 Å². The lowest BCUT2D eigenvalue weighted by atomic mass is 10.4. The Labute approximate surface area is 68.5 Å². The zero-order valence-electron chi connectivity index (χ0n) is 7.22. The lowest BCUT2D eigenvalue weighted by Crippen LogP contribution is -2.24. The number of rotatable bonds is 4. The second kappa shape index (κ2) is 4.51. The molecule has 11 heavy (non-hydrogen) atoms. The predicted molar refractivity (Wildman–Crippen MR) is 46.6 cm³/mol. The van der Waals surface area contributed by atoms with E-state index >= 15 is 0 Å². The third kappa shape index (κ3) is 3.03. The Balaban J connectivity index is 4.55. The molecule has 0 aromatic heterocycles. The first kappa shape index (κ1) is 10.7. The summed E-state index contributed by atoms with van der Waals surface area (Å²) >= 11 is 0. The van der Waals surface area contributed by atoms with E-state index in [-0.39, 0.29) is 0 Å². The van der Waals surface area contributed by atoms with E-state index in [1.807, 2.05) is 6.92 Å². The van der Waals surface area contributed by atoms with Gasteiger partial charge in [-0.15, -0.1) is 0 Å². The Morgan fingerprint density at radius 3 is 2.27 bits per heavy atom. The van der Waals surface area contributed by atoms with Gasteiger partial charge in [0.05, 0.1) is 4.91 Å². The zero-order valence-corrected chi connectivity index (χ0v) is 8.03. The molecule has 4 heteroatoms. The number of sulfonamides is 1. The van der Waals surface area contributed by atoms with Crippen molar-refractivity contribution in [1.82, 2.24) is 4.72 Å². The average molecular weight is 177 g/mol. The van der Waals surface area contributed by atoms with Crippen LogP contribution in [-0.2, 0) is 10.0 Å². The minimum Gasteiger partial charge on any atom is -0.212 e. The standard InChI is InChI=1S/C7H15NO2S/c1-4-7(5-2)11(9,10)8-6-3/h4,8H,5-6H2,1-3H3/b7-4+. The van der Waals surface area contributed by atoms with Crippen molar-refractivity contribution < 1.29 is 8.42 Å². The molecule has 0 aromatic rings. The van der Waals surface area contributed by atoms with Crippen LogP contribution in [0, 0.1) is 0 Å². The summed E-state index contributed by atoms with van der Waals surface area (Å²) in [6, 6.07) is 0. The van der Waals surface area contributed by atoms with Crippen molar-refractivity contribution in [2.45, 2.75) is 27.2 Å². The molecule has 0 heterocycles. The van der Waals surface area contributed by atoms with Gasteiger partial charge < -0.3 is 0 Å². The Morgan fingerprint density at radius 2 is 2.00 bits per heavy atom. The summed E-state index contributed by atoms with van der Waals surface area (Å²) in [5, 5.41) is 0. The molecule has 0 unspecified atom stereocenters. The minimum atomic E-state index is -3.16. The van der Waals surface area contributed by atoms with E-state index in [0.29, 0.717) is 17.9 Å². The van der Waals surface area contributed by atoms with Crippen LogP contribution in [0.1, 0.15) is 27.2 Å². The van der Waals surface area contributed by atoms with Crippen LogP contribution in [0.4, 0.5) is 0 Å². The maximum atomic E-state index is 11.2. The molecule has 1 N–H and O–H groups in total. The SMILES string of the molecule is C/C=C(\CC)S(=O)(=O)NCC. The molecule has 0 aliphatic rings. The molecule has 0 atom stereocenters. The van der Waals surface area contributed by atoms with Gasteiger partial charge in [-0.1, -0.05) is 19.9 Å². The third-order valence-corrected chi connectivity index (χ3v) is 3.23. The summed E-state index contributed by atoms with van der Waals surface area (Å²) in [4.78, 5) is 0.458. The van der Waals surface area contributed by atoms with Gasteiger partial charge in [0.2, 0.25) is 10.0 Å². The summed E-state index contributed by atoms with van der Waals surface area (Å²) in [6.07, 6.45) is 2.17. The Hall–Kier alpha value is -0.350. The molecule has 0 aliphatic carbocycles. The normalized spacial score (nSPS) is 13.5. The van der Waals surface area contributed by atoms with Crippen molar-refractivity contribution in [2.24, 2.45) is 0 Å². The molecule has 0 aliphatic heterocycles. The van der Waals surface area contributed by atoms with E-state index in [1.54, 1.807) is 19.9 Å². The van der Waals surface area contributed by atoms with Gasteiger partial charge in [-0.2, -0.15) is 0 Å². The van der Waals surface area contributed by atoms with Gasteiger partial charge in [0.15, 0.2) is 0 Å². The van der Waals surface area contributed by atoms with Crippen molar-refractivity contribution in [3.8, 4) is 0 Å². The summed E-state index contributed by atoms with van der Waals surface area (Å²) in [7, 11) is -3.16. The summed E-state index contributed by atoms with van der Waals surface area (Å²) in [5.74, 6) is 0. The van der Waals surface area contributed by atoms with Crippen LogP contribution in [0.3, 0.4) is 0 Å². The van der Waals surface area contributed by atoms with Crippen molar-refractivity contribution in [3.05, 3.63) is 11.0 Å². The van der Waals surface area contributed by atoms with E-state index < -0.39 is 10.0 Å². The van der Waals surface area contributed by atoms with Gasteiger partial charge in [-0.3, -0.25) is 0 Å². The Morgan fingerprint density at radius 1 is 1.45 bits per heavy atom. The van der Waals surface area contributed by atoms with Crippen molar-refractivity contribution >= 4 is 10.0 Å². The zero-order chi connectivity index (χ0) is 8.91. The fourth-order valence-electron chi connectivity index (χ4n) is 0.832. The Kier molecular flexibility index (Phi) is 4.37. The fourth-order valence-corrected chi connectivity index (χ4v) is 2.09. The number of hydrogen-bond acceptors (Lipinski definition) is 2. The van der Waals surface area contributed by atoms with Crippen LogP contribution in [0.25, 0.3) is 0 Å². The highest BCUT2D eigenvalue weighted by atomic mass is 32.2. The van der Waals surface area contributed by atoms with Gasteiger partial charge in [0, 0.05) is 6.54 Å². The predicted octanol–water partition coefficient (Wildman–Crippen LogP) is 1.24. The van der Waals surface area contributed by atoms with E-state index in [1.165, 1.54) is 0 Å². The first-order valence-corrected chi connectivity index (χ1v) is 5.21. The minimum absolute atomic E-state index is 0.444. The summed E-state index contributed by atoms with van der Waals surface area (Å²) in [6.45, 7) is 5.76. The van der Waals surface area contributed by atoms with E-state index in [2.05, 4.69) is 4.72 Å². The largest absolute Gasteiger partial charge is 0.236 e. The molecular weight excluding hydrogens is 162 g/mol. The number of hydrogen-bond donors (Lipinski definition) is 1. The van der Waals surface area contributed by atoms with Gasteiger partial charge in [0.1, 0.15) is 0 Å². The monoisotopic (exact) mass is 177 g/mol. The van der Waals surface area contributed by atoms with Gasteiger partial charge in [-0.25, -0.2) is 13.1 Å². The second-order valence-electron chi connectivity index (χ2n) is 2.11. The highest BCUT2D eigenvalue weighted by Crippen LogP contribution is 2.07. The molecule has 3 nitrogen and oxygen atoms in total. The second-order valence-corrected chi connectivity index (χ2v) is 3.93. The molecule has 0 aromatic carbocycles. The van der Waals surface area contributed by atoms with Gasteiger partial charge in [-0.05, 0) is 13.3 Å². The van der Waals surface area contributed by atoms with Crippen LogP contribution in [0.2, 0.25) is 0 Å². The molecule has 0 fully saturated rings. The highest BCUT2D eigenvalue weighted by molar-refractivity contribution is 7.93. The topological polar surface area (TPSA) is 46.2 Å². The average Bonchev–Trinajstić information content (AvgIpc) is 1.89. The van der Waals surface area contributed by atoms with Crippen LogP contribution in [0.5, 0.6) is 0 Å². The molecular formula is C7H15NO2S. The molecule has 0 bridgehead atoms. The maximum absolute atomic E-state index is 11.2. The molecule has 0 saturated carbocycles. The van der Waals surface area contributed by atoms with Gasteiger partial charge in [0.25, 0.3) is 0 Å². The summed E-state index contributed by atoms with van der Waals surface area (Å²) < 4.78 is 24.9. The van der Waals surface area contributed by atoms with Crippen LogP contribution >= 0.6 is 0 Å². The van der Waals surface area contributed by atoms with Crippen LogP contribution < -0.4 is 4.72 Å². The van der Waals surface area contributed by atoms with Crippen molar-refractivity contribution in [1.29, 1.82) is 0 Å².